The number of likely N-dealkylation sites (N-methyl/N-ethyl adjacent to an activating group) is 1. The number of anilines is 1. The predicted octanol–water partition coefficient (Wildman–Crippen LogP) is 4.40. The van der Waals surface area contributed by atoms with E-state index in [4.69, 9.17) is 0 Å². The average molecular weight is 369 g/mol. The molecule has 1 N–H and O–H groups in total. The van der Waals surface area contributed by atoms with Crippen molar-refractivity contribution < 1.29 is 0 Å². The molecule has 2 aromatic carbocycles. The van der Waals surface area contributed by atoms with Gasteiger partial charge < -0.3 is 10.5 Å². The smallest absolute Gasteiger partial charge is 0.290 e. The Morgan fingerprint density at radius 1 is 1.27 bits per heavy atom. The number of quaternary nitrogens is 1. The van der Waals surface area contributed by atoms with E-state index in [1.54, 1.807) is 0 Å². The fraction of sp³-hybridized carbons (Fsp3) is 0.350. The molecule has 6 heteroatoms. The first kappa shape index (κ1) is 17.4. The molecule has 0 saturated carbocycles. The summed E-state index contributed by atoms with van der Waals surface area (Å²) in [5.74, 6) is 0. The maximum Gasteiger partial charge on any atom is 0.290 e. The molecular weight excluding hydrogens is 344 g/mol. The number of hydrogen-bond acceptors (Lipinski definition) is 5. The number of benzene rings is 2. The van der Waals surface area contributed by atoms with Crippen molar-refractivity contribution in [1.29, 1.82) is 0 Å². The van der Waals surface area contributed by atoms with Gasteiger partial charge in [0.2, 0.25) is 0 Å². The third kappa shape index (κ3) is 3.21. The summed E-state index contributed by atoms with van der Waals surface area (Å²) in [5.41, 5.74) is 3.21. The summed E-state index contributed by atoms with van der Waals surface area (Å²) in [6, 6.07) is 16.4. The van der Waals surface area contributed by atoms with Gasteiger partial charge in [-0.3, -0.25) is 9.55 Å². The lowest BCUT2D eigenvalue weighted by Gasteiger charge is -2.40. The molecule has 1 fully saturated rings. The Morgan fingerprint density at radius 2 is 2.12 bits per heavy atom. The molecule has 0 aliphatic carbocycles. The van der Waals surface area contributed by atoms with E-state index in [-0.39, 0.29) is 6.17 Å². The molecule has 1 aliphatic heterocycles. The minimum atomic E-state index is -0.451. The second-order valence-corrected chi connectivity index (χ2v) is 8.06. The summed E-state index contributed by atoms with van der Waals surface area (Å²) < 4.78 is 0.613. The number of para-hydroxylation sites is 1. The number of aryl methyl sites for hydroxylation is 1. The summed E-state index contributed by atoms with van der Waals surface area (Å²) in [5, 5.41) is 17.9. The second-order valence-electron chi connectivity index (χ2n) is 7.05. The second kappa shape index (κ2) is 6.96. The normalized spacial score (nSPS) is 23.6. The van der Waals surface area contributed by atoms with Gasteiger partial charge in [-0.15, -0.1) is 0 Å². The van der Waals surface area contributed by atoms with Crippen molar-refractivity contribution >= 4 is 32.4 Å². The van der Waals surface area contributed by atoms with Crippen molar-refractivity contribution in [2.24, 2.45) is 0 Å². The molecule has 0 bridgehead atoms. The van der Waals surface area contributed by atoms with Crippen molar-refractivity contribution in [1.82, 2.24) is 14.5 Å². The van der Waals surface area contributed by atoms with Gasteiger partial charge in [0.1, 0.15) is 6.67 Å². The van der Waals surface area contributed by atoms with Crippen LogP contribution in [0, 0.1) is 5.21 Å². The predicted molar refractivity (Wildman–Crippen MR) is 110 cm³/mol. The van der Waals surface area contributed by atoms with Crippen LogP contribution in [-0.4, -0.2) is 36.3 Å². The fourth-order valence-corrected chi connectivity index (χ4v) is 4.65. The number of nitrogens with zero attached hydrogens (tertiary/aromatic N) is 3. The van der Waals surface area contributed by atoms with Crippen LogP contribution >= 0.6 is 11.3 Å². The Balaban J connectivity index is 1.65. The van der Waals surface area contributed by atoms with E-state index in [1.165, 1.54) is 16.9 Å². The van der Waals surface area contributed by atoms with Crippen LogP contribution in [-0.2, 0) is 6.42 Å². The van der Waals surface area contributed by atoms with Crippen LogP contribution < -0.4 is 9.96 Å². The van der Waals surface area contributed by atoms with Crippen LogP contribution in [0.2, 0.25) is 0 Å². The molecule has 26 heavy (non-hydrogen) atoms. The number of rotatable bonds is 5. The van der Waals surface area contributed by atoms with Gasteiger partial charge in [-0.25, -0.2) is 0 Å². The highest BCUT2D eigenvalue weighted by atomic mass is 32.1. The van der Waals surface area contributed by atoms with Crippen LogP contribution in [0.5, 0.6) is 0 Å². The standard InChI is InChI=1S/C20H24N4OS/c1-3-7-15-8-6-9-16(12-15)21-19-13-23(2)14-24(19,25)20-22-17-10-4-5-11-18(17)26-20/h4-6,8-12,19,21H,3,7,13-14H2,1-2H3. The van der Waals surface area contributed by atoms with E-state index >= 15 is 0 Å². The largest absolute Gasteiger partial charge is 0.623 e. The van der Waals surface area contributed by atoms with E-state index in [2.05, 4.69) is 40.3 Å². The van der Waals surface area contributed by atoms with Gasteiger partial charge in [-0.05, 0) is 43.3 Å². The molecule has 2 atom stereocenters. The van der Waals surface area contributed by atoms with E-state index < -0.39 is 4.65 Å². The first-order valence-electron chi connectivity index (χ1n) is 9.07. The van der Waals surface area contributed by atoms with Crippen LogP contribution in [0.15, 0.2) is 48.5 Å². The first-order chi connectivity index (χ1) is 12.6. The molecule has 2 unspecified atom stereocenters. The van der Waals surface area contributed by atoms with Crippen molar-refractivity contribution in [2.45, 2.75) is 25.9 Å². The molecule has 3 aromatic rings. The van der Waals surface area contributed by atoms with Crippen LogP contribution in [0.3, 0.4) is 0 Å². The number of hydroxylamine groups is 2. The number of aromatic nitrogens is 1. The minimum absolute atomic E-state index is 0.266. The third-order valence-corrected chi connectivity index (χ3v) is 5.99. The van der Waals surface area contributed by atoms with Gasteiger partial charge >= 0.3 is 0 Å². The molecule has 1 saturated heterocycles. The van der Waals surface area contributed by atoms with Gasteiger partial charge in [-0.1, -0.05) is 48.9 Å². The number of hydrogen-bond donors (Lipinski definition) is 1. The lowest BCUT2D eigenvalue weighted by Crippen LogP contribution is -2.52. The summed E-state index contributed by atoms with van der Waals surface area (Å²) >= 11 is 1.50. The fourth-order valence-electron chi connectivity index (χ4n) is 3.61. The molecule has 4 rings (SSSR count). The zero-order valence-corrected chi connectivity index (χ0v) is 16.0. The lowest BCUT2D eigenvalue weighted by molar-refractivity contribution is 0.323. The Bertz CT molecular complexity index is 878. The maximum absolute atomic E-state index is 13.8. The van der Waals surface area contributed by atoms with Crippen molar-refractivity contribution in [3.8, 4) is 0 Å². The Morgan fingerprint density at radius 3 is 2.92 bits per heavy atom. The van der Waals surface area contributed by atoms with Crippen molar-refractivity contribution in [2.75, 3.05) is 25.6 Å². The first-order valence-corrected chi connectivity index (χ1v) is 9.89. The van der Waals surface area contributed by atoms with Gasteiger partial charge in [0.25, 0.3) is 5.13 Å². The third-order valence-electron chi connectivity index (χ3n) is 4.84. The van der Waals surface area contributed by atoms with E-state index in [9.17, 15) is 5.21 Å². The van der Waals surface area contributed by atoms with Crippen molar-refractivity contribution in [3.05, 3.63) is 59.3 Å². The SMILES string of the molecule is CCCc1cccc(NC2CN(C)C[N+]2([O-])c2nc3ccccc3s2)c1. The lowest BCUT2D eigenvalue weighted by atomic mass is 10.1. The molecule has 5 nitrogen and oxygen atoms in total. The Kier molecular flexibility index (Phi) is 4.67. The summed E-state index contributed by atoms with van der Waals surface area (Å²) in [6.07, 6.45) is 1.90. The maximum atomic E-state index is 13.8. The summed E-state index contributed by atoms with van der Waals surface area (Å²) in [4.78, 5) is 6.73. The van der Waals surface area contributed by atoms with Crippen LogP contribution in [0.4, 0.5) is 10.8 Å². The Hall–Kier alpha value is -1.99. The van der Waals surface area contributed by atoms with E-state index in [1.807, 2.05) is 37.4 Å². The summed E-state index contributed by atoms with van der Waals surface area (Å²) in [6.45, 7) is 3.28. The van der Waals surface area contributed by atoms with E-state index in [0.717, 1.165) is 28.7 Å². The van der Waals surface area contributed by atoms with Crippen LogP contribution in [0.25, 0.3) is 10.2 Å². The molecule has 136 valence electrons. The molecule has 0 radical (unpaired) electrons. The quantitative estimate of drug-likeness (QED) is 0.536. The highest BCUT2D eigenvalue weighted by Gasteiger charge is 2.42. The number of thiazole rings is 1. The molecule has 0 amide bonds. The molecule has 1 aliphatic rings. The molecule has 2 heterocycles. The Labute approximate surface area is 158 Å². The minimum Gasteiger partial charge on any atom is -0.623 e. The van der Waals surface area contributed by atoms with Crippen molar-refractivity contribution in [3.63, 3.8) is 0 Å². The van der Waals surface area contributed by atoms with Gasteiger partial charge in [-0.2, -0.15) is 4.98 Å². The topological polar surface area (TPSA) is 51.2 Å². The monoisotopic (exact) mass is 368 g/mol. The van der Waals surface area contributed by atoms with E-state index in [0.29, 0.717) is 18.3 Å². The number of fused-ring (bicyclic) bond motifs is 1. The zero-order chi connectivity index (χ0) is 18.1. The van der Waals surface area contributed by atoms with Gasteiger partial charge in [0.15, 0.2) is 6.17 Å². The number of nitrogens with one attached hydrogen (secondary N) is 1. The van der Waals surface area contributed by atoms with Gasteiger partial charge in [0, 0.05) is 5.69 Å². The zero-order valence-electron chi connectivity index (χ0n) is 15.2. The molecule has 1 aromatic heterocycles. The average Bonchev–Trinajstić information content (AvgIpc) is 3.17. The highest BCUT2D eigenvalue weighted by Crippen LogP contribution is 2.37. The molecule has 0 spiro atoms. The molecular formula is C20H24N4OS. The van der Waals surface area contributed by atoms with Crippen LogP contribution in [0.1, 0.15) is 18.9 Å². The highest BCUT2D eigenvalue weighted by molar-refractivity contribution is 7.22. The summed E-state index contributed by atoms with van der Waals surface area (Å²) in [7, 11) is 1.99. The van der Waals surface area contributed by atoms with Gasteiger partial charge in [0.05, 0.1) is 16.8 Å².